The molecule has 1 N–H and O–H groups in total. The largest absolute Gasteiger partial charge is 0.496 e. The first-order valence-corrected chi connectivity index (χ1v) is 11.3. The molecule has 0 aliphatic heterocycles. The summed E-state index contributed by atoms with van der Waals surface area (Å²) >= 11 is 0. The van der Waals surface area contributed by atoms with Crippen LogP contribution in [0.1, 0.15) is 39.0 Å². The standard InChI is InChI=1S/C27H26N2O6/c1-15-12-13-21(25-28-16(2)26(30)29(15)25)34-24-18-9-6-5-8-17(18)14-22(24)35-27(31)23-19(32-3)10-7-11-20(23)33-4/h5-13,22,24,30H,14H2,1-4H3/t22-,24-/m1/s1. The third-order valence-corrected chi connectivity index (χ3v) is 6.33. The molecule has 35 heavy (non-hydrogen) atoms. The Balaban J connectivity index is 1.52. The smallest absolute Gasteiger partial charge is 0.346 e. The number of pyridine rings is 1. The number of nitrogens with zero attached hydrogens (tertiary/aromatic N) is 2. The van der Waals surface area contributed by atoms with Crippen molar-refractivity contribution in [3.05, 3.63) is 82.7 Å². The van der Waals surface area contributed by atoms with Crippen molar-refractivity contribution in [2.24, 2.45) is 0 Å². The fourth-order valence-corrected chi connectivity index (χ4v) is 4.61. The first-order chi connectivity index (χ1) is 16.9. The van der Waals surface area contributed by atoms with Crippen molar-refractivity contribution in [3.8, 4) is 23.1 Å². The number of carbonyl (C=O) groups excluding carboxylic acids is 1. The van der Waals surface area contributed by atoms with Crippen molar-refractivity contribution in [1.82, 2.24) is 9.38 Å². The number of methoxy groups -OCH3 is 2. The van der Waals surface area contributed by atoms with Gasteiger partial charge in [-0.1, -0.05) is 30.3 Å². The maximum Gasteiger partial charge on any atom is 0.346 e. The second kappa shape index (κ2) is 8.87. The molecule has 0 spiro atoms. The number of carbonyl (C=O) groups is 1. The molecule has 4 aromatic rings. The quantitative estimate of drug-likeness (QED) is 0.409. The molecular weight excluding hydrogens is 448 g/mol. The van der Waals surface area contributed by atoms with Crippen molar-refractivity contribution in [3.63, 3.8) is 0 Å². The van der Waals surface area contributed by atoms with Gasteiger partial charge in [-0.25, -0.2) is 9.78 Å². The van der Waals surface area contributed by atoms with Crippen LogP contribution in [0.3, 0.4) is 0 Å². The van der Waals surface area contributed by atoms with E-state index in [0.717, 1.165) is 16.8 Å². The highest BCUT2D eigenvalue weighted by Gasteiger charge is 2.38. The van der Waals surface area contributed by atoms with Gasteiger partial charge < -0.3 is 24.1 Å². The van der Waals surface area contributed by atoms with E-state index in [0.29, 0.717) is 35.0 Å². The zero-order valence-electron chi connectivity index (χ0n) is 19.9. The lowest BCUT2D eigenvalue weighted by atomic mass is 10.1. The number of hydrogen-bond acceptors (Lipinski definition) is 7. The third-order valence-electron chi connectivity index (χ3n) is 6.33. The summed E-state index contributed by atoms with van der Waals surface area (Å²) in [5.74, 6) is 0.725. The maximum absolute atomic E-state index is 13.3. The van der Waals surface area contributed by atoms with Crippen LogP contribution in [0.4, 0.5) is 0 Å². The molecule has 0 fully saturated rings. The monoisotopic (exact) mass is 474 g/mol. The molecule has 2 atom stereocenters. The zero-order chi connectivity index (χ0) is 24.7. The van der Waals surface area contributed by atoms with Gasteiger partial charge in [0.2, 0.25) is 5.88 Å². The number of esters is 1. The van der Waals surface area contributed by atoms with Crippen molar-refractivity contribution in [1.29, 1.82) is 0 Å². The molecule has 8 heteroatoms. The molecule has 8 nitrogen and oxygen atoms in total. The maximum atomic E-state index is 13.3. The zero-order valence-corrected chi connectivity index (χ0v) is 19.9. The average molecular weight is 475 g/mol. The Morgan fingerprint density at radius 1 is 0.971 bits per heavy atom. The molecule has 2 heterocycles. The van der Waals surface area contributed by atoms with Crippen LogP contribution in [0.15, 0.2) is 54.6 Å². The van der Waals surface area contributed by atoms with Gasteiger partial charge in [0.05, 0.1) is 14.2 Å². The van der Waals surface area contributed by atoms with Crippen LogP contribution in [0.5, 0.6) is 23.1 Å². The molecule has 0 saturated carbocycles. The Kier molecular flexibility index (Phi) is 5.72. The van der Waals surface area contributed by atoms with E-state index in [1.807, 2.05) is 43.3 Å². The van der Waals surface area contributed by atoms with E-state index in [1.54, 1.807) is 29.5 Å². The Morgan fingerprint density at radius 2 is 1.69 bits per heavy atom. The summed E-state index contributed by atoms with van der Waals surface area (Å²) in [7, 11) is 2.99. The molecular formula is C27H26N2O6. The fourth-order valence-electron chi connectivity index (χ4n) is 4.61. The number of aromatic hydroxyl groups is 1. The van der Waals surface area contributed by atoms with E-state index in [1.165, 1.54) is 14.2 Å². The predicted octanol–water partition coefficient (Wildman–Crippen LogP) is 4.58. The van der Waals surface area contributed by atoms with E-state index in [9.17, 15) is 9.90 Å². The molecule has 0 bridgehead atoms. The van der Waals surface area contributed by atoms with Crippen LogP contribution in [0.25, 0.3) is 5.65 Å². The number of ether oxygens (including phenoxy) is 4. The summed E-state index contributed by atoms with van der Waals surface area (Å²) < 4.78 is 24.9. The van der Waals surface area contributed by atoms with E-state index >= 15 is 0 Å². The molecule has 0 radical (unpaired) electrons. The Morgan fingerprint density at radius 3 is 2.40 bits per heavy atom. The van der Waals surface area contributed by atoms with Gasteiger partial charge in [-0.15, -0.1) is 0 Å². The summed E-state index contributed by atoms with van der Waals surface area (Å²) in [5, 5.41) is 10.5. The number of aryl methyl sites for hydroxylation is 2. The van der Waals surface area contributed by atoms with Gasteiger partial charge in [-0.3, -0.25) is 4.40 Å². The molecule has 180 valence electrons. The topological polar surface area (TPSA) is 91.5 Å². The third kappa shape index (κ3) is 3.80. The first-order valence-electron chi connectivity index (χ1n) is 11.3. The van der Waals surface area contributed by atoms with Gasteiger partial charge in [0.1, 0.15) is 28.9 Å². The van der Waals surface area contributed by atoms with Crippen LogP contribution in [0.2, 0.25) is 0 Å². The number of hydrogen-bond donors (Lipinski definition) is 1. The Labute approximate surface area is 202 Å². The molecule has 1 aliphatic carbocycles. The van der Waals surface area contributed by atoms with Crippen molar-refractivity contribution >= 4 is 11.6 Å². The first kappa shape index (κ1) is 22.6. The van der Waals surface area contributed by atoms with Crippen LogP contribution in [-0.4, -0.2) is 40.8 Å². The van der Waals surface area contributed by atoms with Crippen LogP contribution in [-0.2, 0) is 11.2 Å². The van der Waals surface area contributed by atoms with Gasteiger partial charge in [-0.05, 0) is 49.2 Å². The lowest BCUT2D eigenvalue weighted by Crippen LogP contribution is -2.27. The van der Waals surface area contributed by atoms with Gasteiger partial charge in [0.25, 0.3) is 0 Å². The Hall–Kier alpha value is -4.20. The van der Waals surface area contributed by atoms with Crippen molar-refractivity contribution in [2.75, 3.05) is 14.2 Å². The summed E-state index contributed by atoms with van der Waals surface area (Å²) in [5.41, 5.74) is 4.02. The highest BCUT2D eigenvalue weighted by atomic mass is 16.6. The highest BCUT2D eigenvalue weighted by Crippen LogP contribution is 2.40. The SMILES string of the molecule is COc1cccc(OC)c1C(=O)O[C@@H]1Cc2ccccc2[C@H]1Oc1ccc(C)n2c(O)c(C)nc12. The minimum absolute atomic E-state index is 0.0704. The van der Waals surface area contributed by atoms with Crippen molar-refractivity contribution < 1.29 is 28.8 Å². The van der Waals surface area contributed by atoms with E-state index in [4.69, 9.17) is 18.9 Å². The lowest BCUT2D eigenvalue weighted by molar-refractivity contribution is -0.00335. The summed E-state index contributed by atoms with van der Waals surface area (Å²) in [6.45, 7) is 3.62. The summed E-state index contributed by atoms with van der Waals surface area (Å²) in [6.07, 6.45) is -0.674. The molecule has 2 aromatic heterocycles. The van der Waals surface area contributed by atoms with Gasteiger partial charge in [0, 0.05) is 12.1 Å². The highest BCUT2D eigenvalue weighted by molar-refractivity contribution is 5.95. The molecule has 0 amide bonds. The molecule has 1 aliphatic rings. The predicted molar refractivity (Wildman–Crippen MR) is 129 cm³/mol. The van der Waals surface area contributed by atoms with Gasteiger partial charge >= 0.3 is 5.97 Å². The molecule has 0 saturated heterocycles. The van der Waals surface area contributed by atoms with Crippen LogP contribution in [0, 0.1) is 13.8 Å². The fraction of sp³-hybridized carbons (Fsp3) is 0.259. The van der Waals surface area contributed by atoms with E-state index in [2.05, 4.69) is 4.98 Å². The second-order valence-corrected chi connectivity index (χ2v) is 8.44. The summed E-state index contributed by atoms with van der Waals surface area (Å²) in [6, 6.07) is 16.6. The second-order valence-electron chi connectivity index (χ2n) is 8.44. The number of fused-ring (bicyclic) bond motifs is 2. The number of aromatic nitrogens is 2. The van der Waals surface area contributed by atoms with Gasteiger partial charge in [-0.2, -0.15) is 0 Å². The van der Waals surface area contributed by atoms with Crippen LogP contribution >= 0.6 is 0 Å². The minimum Gasteiger partial charge on any atom is -0.496 e. The summed E-state index contributed by atoms with van der Waals surface area (Å²) in [4.78, 5) is 17.8. The van der Waals surface area contributed by atoms with Crippen molar-refractivity contribution in [2.45, 2.75) is 32.5 Å². The number of imidazole rings is 1. The lowest BCUT2D eigenvalue weighted by Gasteiger charge is -2.23. The number of rotatable bonds is 6. The molecule has 0 unspecified atom stereocenters. The molecule has 5 rings (SSSR count). The number of benzene rings is 2. The average Bonchev–Trinajstić information content (AvgIpc) is 3.36. The van der Waals surface area contributed by atoms with E-state index in [-0.39, 0.29) is 11.4 Å². The Bertz CT molecular complexity index is 1400. The normalized spacial score (nSPS) is 16.7. The van der Waals surface area contributed by atoms with Crippen LogP contribution < -0.4 is 14.2 Å². The van der Waals surface area contributed by atoms with E-state index < -0.39 is 18.2 Å². The van der Waals surface area contributed by atoms with Gasteiger partial charge in [0.15, 0.2) is 17.5 Å². The molecule has 2 aromatic carbocycles. The minimum atomic E-state index is -0.597.